The van der Waals surface area contributed by atoms with E-state index in [9.17, 15) is 0 Å². The Labute approximate surface area is 105 Å². The number of rotatable bonds is 9. The molecule has 0 aromatic rings. The third-order valence-electron chi connectivity index (χ3n) is 2.48. The maximum Gasteiger partial charge on any atom is 0.199 e. The minimum Gasteiger partial charge on any atom is -0.104 e. The molecule has 0 N–H and O–H groups in total. The minimum atomic E-state index is 0.818. The smallest absolute Gasteiger partial charge is 0.104 e. The summed E-state index contributed by atoms with van der Waals surface area (Å²) in [5.74, 6) is 0. The summed E-state index contributed by atoms with van der Waals surface area (Å²) < 4.78 is 0. The van der Waals surface area contributed by atoms with Crippen LogP contribution in [-0.4, -0.2) is 15.2 Å². The molecule has 0 heterocycles. The lowest BCUT2D eigenvalue weighted by Gasteiger charge is -1.93. The van der Waals surface area contributed by atoms with Crippen molar-refractivity contribution in [2.24, 2.45) is 0 Å². The molecule has 0 aliphatic carbocycles. The van der Waals surface area contributed by atoms with Crippen molar-refractivity contribution < 1.29 is 0 Å². The van der Waals surface area contributed by atoms with Crippen molar-refractivity contribution in [2.45, 2.75) is 89.6 Å². The van der Waals surface area contributed by atoms with E-state index >= 15 is 0 Å². The normalized spacial score (nSPS) is 9.33. The summed E-state index contributed by atoms with van der Waals surface area (Å²) >= 11 is 0.818. The molecule has 0 aromatic heterocycles. The van der Waals surface area contributed by atoms with E-state index < -0.39 is 0 Å². The quantitative estimate of drug-likeness (QED) is 0.349. The van der Waals surface area contributed by atoms with Crippen molar-refractivity contribution in [3.63, 3.8) is 0 Å². The summed E-state index contributed by atoms with van der Waals surface area (Å²) in [6, 6.07) is 0. The standard InChI is InChI=1S/C6H14.2C4H9.Al/c1-3-5-6-4-2;2*1-3-4-2;/h3-6H2,1-2H3;2*1,3-4H2,2H3;. The van der Waals surface area contributed by atoms with Gasteiger partial charge in [-0.05, 0) is 0 Å². The molecule has 0 rings (SSSR count). The molecule has 15 heavy (non-hydrogen) atoms. The van der Waals surface area contributed by atoms with Crippen LogP contribution in [-0.2, 0) is 0 Å². The second kappa shape index (κ2) is 20.0. The van der Waals surface area contributed by atoms with E-state index in [0.29, 0.717) is 0 Å². The van der Waals surface area contributed by atoms with Gasteiger partial charge in [-0.3, -0.25) is 0 Å². The van der Waals surface area contributed by atoms with Gasteiger partial charge in [0.15, 0.2) is 15.2 Å². The van der Waals surface area contributed by atoms with Crippen LogP contribution < -0.4 is 0 Å². The molecule has 0 aliphatic heterocycles. The third-order valence-corrected chi connectivity index (χ3v) is 4.11. The van der Waals surface area contributed by atoms with Gasteiger partial charge in [-0.25, -0.2) is 0 Å². The van der Waals surface area contributed by atoms with Crippen LogP contribution >= 0.6 is 0 Å². The first-order valence-corrected chi connectivity index (χ1v) is 8.78. The van der Waals surface area contributed by atoms with Gasteiger partial charge in [0, 0.05) is 0 Å². The average Bonchev–Trinajstić information content (AvgIpc) is 2.27. The first kappa shape index (κ1) is 17.9. The fourth-order valence-corrected chi connectivity index (χ4v) is 3.02. The molecule has 0 amide bonds. The predicted octanol–water partition coefficient (Wildman–Crippen LogP) is 5.71. The highest BCUT2D eigenvalue weighted by Crippen LogP contribution is 1.99. The summed E-state index contributed by atoms with van der Waals surface area (Å²) in [5.41, 5.74) is 0. The molecule has 1 radical (unpaired) electrons. The fraction of sp³-hybridized carbons (Fsp3) is 1.00. The Balaban J connectivity index is 0. The molecular weight excluding hydrogens is 195 g/mol. The Morgan fingerprint density at radius 3 is 1.13 bits per heavy atom. The van der Waals surface area contributed by atoms with E-state index in [4.69, 9.17) is 0 Å². The van der Waals surface area contributed by atoms with Gasteiger partial charge in [-0.1, -0.05) is 79.1 Å². The van der Waals surface area contributed by atoms with Crippen molar-refractivity contribution in [3.8, 4) is 0 Å². The highest BCUT2D eigenvalue weighted by atomic mass is 27.1. The molecule has 0 saturated heterocycles. The van der Waals surface area contributed by atoms with Gasteiger partial charge < -0.3 is 0 Å². The van der Waals surface area contributed by atoms with E-state index in [-0.39, 0.29) is 0 Å². The first-order valence-electron chi connectivity index (χ1n) is 7.14. The van der Waals surface area contributed by atoms with Gasteiger partial charge >= 0.3 is 0 Å². The maximum absolute atomic E-state index is 2.28. The predicted molar refractivity (Wildman–Crippen MR) is 75.0 cm³/mol. The van der Waals surface area contributed by atoms with Gasteiger partial charge in [0.1, 0.15) is 0 Å². The molecule has 0 aromatic carbocycles. The summed E-state index contributed by atoms with van der Waals surface area (Å²) in [5, 5.41) is 3.08. The maximum atomic E-state index is 2.28. The van der Waals surface area contributed by atoms with Gasteiger partial charge in [-0.15, -0.1) is 10.6 Å². The van der Waals surface area contributed by atoms with Crippen LogP contribution in [0.25, 0.3) is 0 Å². The van der Waals surface area contributed by atoms with Crippen LogP contribution in [0.3, 0.4) is 0 Å². The lowest BCUT2D eigenvalue weighted by Crippen LogP contribution is -1.87. The lowest BCUT2D eigenvalue weighted by atomic mass is 10.2. The number of hydrogen-bond donors (Lipinski definition) is 0. The summed E-state index contributed by atoms with van der Waals surface area (Å²) in [4.78, 5) is 0. The zero-order valence-corrected chi connectivity index (χ0v) is 12.8. The van der Waals surface area contributed by atoms with Crippen LogP contribution in [0.5, 0.6) is 0 Å². The summed E-state index contributed by atoms with van der Waals surface area (Å²) in [7, 11) is 0. The minimum absolute atomic E-state index is 0.818. The summed E-state index contributed by atoms with van der Waals surface area (Å²) in [6.07, 6.45) is 11.3. The topological polar surface area (TPSA) is 0 Å². The molecule has 0 atom stereocenters. The van der Waals surface area contributed by atoms with Gasteiger partial charge in [0.05, 0.1) is 0 Å². The molecule has 0 nitrogen and oxygen atoms in total. The second-order valence-electron chi connectivity index (χ2n) is 4.28. The van der Waals surface area contributed by atoms with Crippen LogP contribution in [0.2, 0.25) is 10.6 Å². The Bertz CT molecular complexity index is 71.4. The van der Waals surface area contributed by atoms with E-state index in [1.165, 1.54) is 61.9 Å². The lowest BCUT2D eigenvalue weighted by molar-refractivity contribution is 0.702. The van der Waals surface area contributed by atoms with Gasteiger partial charge in [0.25, 0.3) is 0 Å². The van der Waals surface area contributed by atoms with E-state index in [0.717, 1.165) is 15.2 Å². The van der Waals surface area contributed by atoms with Crippen LogP contribution in [0, 0.1) is 0 Å². The first-order chi connectivity index (χ1) is 7.33. The average molecular weight is 227 g/mol. The second-order valence-corrected chi connectivity index (χ2v) is 6.01. The van der Waals surface area contributed by atoms with Crippen LogP contribution in [0.4, 0.5) is 0 Å². The fourth-order valence-electron chi connectivity index (χ4n) is 1.34. The van der Waals surface area contributed by atoms with Gasteiger partial charge in [-0.2, -0.15) is 0 Å². The summed E-state index contributed by atoms with van der Waals surface area (Å²) in [6.45, 7) is 9.02. The Morgan fingerprint density at radius 1 is 0.533 bits per heavy atom. The molecule has 0 saturated carbocycles. The Hall–Kier alpha value is 0.532. The number of hydrogen-bond acceptors (Lipinski definition) is 0. The molecule has 91 valence electrons. The SMILES string of the molecule is CCCCCC.CCC[CH2][Al][CH2]CCC. The zero-order chi connectivity index (χ0) is 11.8. The molecule has 0 fully saturated rings. The number of unbranched alkanes of at least 4 members (excludes halogenated alkanes) is 5. The van der Waals surface area contributed by atoms with E-state index in [2.05, 4.69) is 27.7 Å². The van der Waals surface area contributed by atoms with Crippen molar-refractivity contribution >= 4 is 15.2 Å². The van der Waals surface area contributed by atoms with Crippen LogP contribution in [0.15, 0.2) is 0 Å². The monoisotopic (exact) mass is 227 g/mol. The Kier molecular flexibility index (Phi) is 23.9. The highest BCUT2D eigenvalue weighted by molar-refractivity contribution is 6.35. The molecule has 0 bridgehead atoms. The Morgan fingerprint density at radius 2 is 0.867 bits per heavy atom. The van der Waals surface area contributed by atoms with E-state index in [1.807, 2.05) is 0 Å². The molecule has 0 aliphatic rings. The molecular formula is C14H32Al. The van der Waals surface area contributed by atoms with Crippen LogP contribution in [0.1, 0.15) is 79.1 Å². The van der Waals surface area contributed by atoms with Gasteiger partial charge in [0.2, 0.25) is 0 Å². The van der Waals surface area contributed by atoms with Crippen molar-refractivity contribution in [1.29, 1.82) is 0 Å². The third kappa shape index (κ3) is 25.1. The van der Waals surface area contributed by atoms with E-state index in [1.54, 1.807) is 0 Å². The van der Waals surface area contributed by atoms with Crippen molar-refractivity contribution in [2.75, 3.05) is 0 Å². The largest absolute Gasteiger partial charge is 0.199 e. The molecule has 1 heteroatoms. The highest BCUT2D eigenvalue weighted by Gasteiger charge is 1.89. The zero-order valence-electron chi connectivity index (χ0n) is 11.6. The molecule has 0 unspecified atom stereocenters. The molecule has 0 spiro atoms. The van der Waals surface area contributed by atoms with Crippen molar-refractivity contribution in [1.82, 2.24) is 0 Å². The van der Waals surface area contributed by atoms with Crippen molar-refractivity contribution in [3.05, 3.63) is 0 Å².